The van der Waals surface area contributed by atoms with E-state index in [4.69, 9.17) is 16.3 Å². The van der Waals surface area contributed by atoms with Crippen molar-refractivity contribution in [3.05, 3.63) is 64.8 Å². The van der Waals surface area contributed by atoms with Crippen molar-refractivity contribution in [3.8, 4) is 0 Å². The van der Waals surface area contributed by atoms with E-state index in [-0.39, 0.29) is 18.2 Å². The normalized spacial score (nSPS) is 14.1. The molecule has 1 aromatic heterocycles. The van der Waals surface area contributed by atoms with Crippen molar-refractivity contribution in [2.75, 3.05) is 37.7 Å². The molecule has 0 atom stereocenters. The molecule has 1 fully saturated rings. The fourth-order valence-corrected chi connectivity index (χ4v) is 3.66. The molecule has 4 rings (SSSR count). The lowest BCUT2D eigenvalue weighted by atomic mass is 10.1. The molecule has 1 amide bonds. The van der Waals surface area contributed by atoms with Crippen LogP contribution < -0.4 is 4.90 Å². The van der Waals surface area contributed by atoms with Gasteiger partial charge in [0.05, 0.1) is 17.6 Å². The summed E-state index contributed by atoms with van der Waals surface area (Å²) in [6.45, 7) is 4.09. The summed E-state index contributed by atoms with van der Waals surface area (Å²) in [4.78, 5) is 38.2. The maximum Gasteiger partial charge on any atom is 0.360 e. The summed E-state index contributed by atoms with van der Waals surface area (Å²) in [5.41, 5.74) is 2.11. The molecule has 0 saturated carbocycles. The van der Waals surface area contributed by atoms with E-state index in [9.17, 15) is 9.59 Å². The van der Waals surface area contributed by atoms with Gasteiger partial charge in [-0.05, 0) is 37.3 Å². The molecule has 0 N–H and O–H groups in total. The molecule has 0 aliphatic carbocycles. The minimum absolute atomic E-state index is 0.0626. The van der Waals surface area contributed by atoms with Crippen LogP contribution in [0.5, 0.6) is 0 Å². The quantitative estimate of drug-likeness (QED) is 0.597. The number of amides is 1. The molecule has 2 aromatic carbocycles. The van der Waals surface area contributed by atoms with Gasteiger partial charge in [-0.15, -0.1) is 0 Å². The summed E-state index contributed by atoms with van der Waals surface area (Å²) in [5.74, 6) is -0.0717. The van der Waals surface area contributed by atoms with Gasteiger partial charge in [0.2, 0.25) is 0 Å². The van der Waals surface area contributed by atoms with Gasteiger partial charge in [0, 0.05) is 36.8 Å². The van der Waals surface area contributed by atoms with Crippen LogP contribution in [-0.2, 0) is 4.74 Å². The van der Waals surface area contributed by atoms with Crippen molar-refractivity contribution >= 4 is 40.3 Å². The van der Waals surface area contributed by atoms with E-state index >= 15 is 0 Å². The molecule has 0 unspecified atom stereocenters. The van der Waals surface area contributed by atoms with Crippen molar-refractivity contribution in [3.63, 3.8) is 0 Å². The number of hydrogen-bond donors (Lipinski definition) is 0. The number of piperazine rings is 1. The van der Waals surface area contributed by atoms with Crippen LogP contribution in [0, 0.1) is 0 Å². The van der Waals surface area contributed by atoms with Crippen LogP contribution in [0.25, 0.3) is 11.0 Å². The van der Waals surface area contributed by atoms with Crippen molar-refractivity contribution in [1.82, 2.24) is 14.9 Å². The third-order valence-corrected chi connectivity index (χ3v) is 5.19. The molecule has 2 heterocycles. The molecule has 0 spiro atoms. The molecule has 154 valence electrons. The van der Waals surface area contributed by atoms with Crippen molar-refractivity contribution in [1.29, 1.82) is 0 Å². The van der Waals surface area contributed by atoms with E-state index in [0.717, 1.165) is 0 Å². The second-order valence-electron chi connectivity index (χ2n) is 6.89. The van der Waals surface area contributed by atoms with Gasteiger partial charge in [0.1, 0.15) is 0 Å². The number of benzene rings is 2. The van der Waals surface area contributed by atoms with Crippen LogP contribution in [-0.4, -0.2) is 59.5 Å². The highest BCUT2D eigenvalue weighted by Gasteiger charge is 2.27. The van der Waals surface area contributed by atoms with Gasteiger partial charge >= 0.3 is 5.97 Å². The van der Waals surface area contributed by atoms with Gasteiger partial charge in [0.25, 0.3) is 5.91 Å². The standard InChI is InChI=1S/C22H21ClN4O3/c1-2-30-22(29)19-20(25-18-9-4-3-8-17(18)24-19)26-10-12-27(13-11-26)21(28)15-6-5-7-16(23)14-15/h3-9,14H,2,10-13H2,1H3. The summed E-state index contributed by atoms with van der Waals surface area (Å²) in [7, 11) is 0. The summed E-state index contributed by atoms with van der Waals surface area (Å²) < 4.78 is 5.19. The number of nitrogens with zero attached hydrogens (tertiary/aromatic N) is 4. The Bertz CT molecular complexity index is 1100. The van der Waals surface area contributed by atoms with Crippen LogP contribution in [0.15, 0.2) is 48.5 Å². The van der Waals surface area contributed by atoms with Gasteiger partial charge in [-0.2, -0.15) is 0 Å². The lowest BCUT2D eigenvalue weighted by Crippen LogP contribution is -2.49. The molecule has 0 bridgehead atoms. The summed E-state index contributed by atoms with van der Waals surface area (Å²) in [5, 5.41) is 0.532. The lowest BCUT2D eigenvalue weighted by Gasteiger charge is -2.35. The largest absolute Gasteiger partial charge is 0.461 e. The summed E-state index contributed by atoms with van der Waals surface area (Å²) in [6, 6.07) is 14.3. The molecular weight excluding hydrogens is 404 g/mol. The van der Waals surface area contributed by atoms with Crippen LogP contribution in [0.2, 0.25) is 5.02 Å². The Labute approximate surface area is 179 Å². The monoisotopic (exact) mass is 424 g/mol. The molecule has 8 heteroatoms. The minimum Gasteiger partial charge on any atom is -0.461 e. The minimum atomic E-state index is -0.497. The van der Waals surface area contributed by atoms with E-state index in [1.807, 2.05) is 29.2 Å². The number of carbonyl (C=O) groups excluding carboxylic acids is 2. The predicted molar refractivity (Wildman–Crippen MR) is 115 cm³/mol. The van der Waals surface area contributed by atoms with Gasteiger partial charge in [-0.1, -0.05) is 29.8 Å². The first-order valence-electron chi connectivity index (χ1n) is 9.80. The van der Waals surface area contributed by atoms with Crippen LogP contribution in [0.1, 0.15) is 27.8 Å². The summed E-state index contributed by atoms with van der Waals surface area (Å²) >= 11 is 6.01. The smallest absolute Gasteiger partial charge is 0.360 e. The third-order valence-electron chi connectivity index (χ3n) is 4.96. The molecule has 30 heavy (non-hydrogen) atoms. The molecular formula is C22H21ClN4O3. The summed E-state index contributed by atoms with van der Waals surface area (Å²) in [6.07, 6.45) is 0. The number of rotatable bonds is 4. The van der Waals surface area contributed by atoms with E-state index in [1.54, 1.807) is 36.1 Å². The molecule has 3 aromatic rings. The van der Waals surface area contributed by atoms with Crippen LogP contribution in [0.3, 0.4) is 0 Å². The zero-order valence-corrected chi connectivity index (χ0v) is 17.3. The number of fused-ring (bicyclic) bond motifs is 1. The van der Waals surface area contributed by atoms with Crippen molar-refractivity contribution in [2.24, 2.45) is 0 Å². The maximum atomic E-state index is 12.8. The van der Waals surface area contributed by atoms with Crippen LogP contribution in [0.4, 0.5) is 5.82 Å². The number of hydrogen-bond acceptors (Lipinski definition) is 6. The molecule has 1 aliphatic heterocycles. The predicted octanol–water partition coefficient (Wildman–Crippen LogP) is 3.42. The number of halogens is 1. The highest BCUT2D eigenvalue weighted by atomic mass is 35.5. The number of anilines is 1. The highest BCUT2D eigenvalue weighted by molar-refractivity contribution is 6.30. The number of esters is 1. The fraction of sp³-hybridized carbons (Fsp3) is 0.273. The van der Waals surface area contributed by atoms with Gasteiger partial charge in [-0.25, -0.2) is 14.8 Å². The van der Waals surface area contributed by atoms with Gasteiger partial charge in [0.15, 0.2) is 11.5 Å². The maximum absolute atomic E-state index is 12.8. The topological polar surface area (TPSA) is 75.6 Å². The van der Waals surface area contributed by atoms with E-state index < -0.39 is 5.97 Å². The Morgan fingerprint density at radius 3 is 2.37 bits per heavy atom. The average Bonchev–Trinajstić information content (AvgIpc) is 2.78. The van der Waals surface area contributed by atoms with Crippen LogP contribution >= 0.6 is 11.6 Å². The first kappa shape index (κ1) is 20.1. The van der Waals surface area contributed by atoms with Gasteiger partial charge < -0.3 is 14.5 Å². The lowest BCUT2D eigenvalue weighted by molar-refractivity contribution is 0.0519. The molecule has 7 nitrogen and oxygen atoms in total. The Morgan fingerprint density at radius 1 is 1.00 bits per heavy atom. The van der Waals surface area contributed by atoms with Crippen molar-refractivity contribution in [2.45, 2.75) is 6.92 Å². The first-order chi connectivity index (χ1) is 14.6. The SMILES string of the molecule is CCOC(=O)c1nc2ccccc2nc1N1CCN(C(=O)c2cccc(Cl)c2)CC1. The number of carbonyl (C=O) groups is 2. The van der Waals surface area contributed by atoms with E-state index in [0.29, 0.717) is 53.6 Å². The fourth-order valence-electron chi connectivity index (χ4n) is 3.47. The number of para-hydroxylation sites is 2. The Morgan fingerprint density at radius 2 is 1.70 bits per heavy atom. The molecule has 1 aliphatic rings. The second-order valence-corrected chi connectivity index (χ2v) is 7.33. The zero-order chi connectivity index (χ0) is 21.1. The Balaban J connectivity index is 1.57. The third kappa shape index (κ3) is 4.07. The van der Waals surface area contributed by atoms with E-state index in [2.05, 4.69) is 9.97 Å². The first-order valence-corrected chi connectivity index (χ1v) is 10.2. The Kier molecular flexibility index (Phi) is 5.81. The average molecular weight is 425 g/mol. The molecule has 0 radical (unpaired) electrons. The van der Waals surface area contributed by atoms with Gasteiger partial charge in [-0.3, -0.25) is 4.79 Å². The second kappa shape index (κ2) is 8.67. The number of ether oxygens (including phenoxy) is 1. The Hall–Kier alpha value is -3.19. The van der Waals surface area contributed by atoms with Crippen molar-refractivity contribution < 1.29 is 14.3 Å². The highest BCUT2D eigenvalue weighted by Crippen LogP contribution is 2.23. The zero-order valence-electron chi connectivity index (χ0n) is 16.5. The van der Waals surface area contributed by atoms with E-state index in [1.165, 1.54) is 0 Å². The number of aromatic nitrogens is 2. The molecule has 1 saturated heterocycles.